The van der Waals surface area contributed by atoms with Gasteiger partial charge in [0.15, 0.2) is 0 Å². The molecule has 2 rings (SSSR count). The summed E-state index contributed by atoms with van der Waals surface area (Å²) in [5.41, 5.74) is 1.57. The number of anilines is 1. The fourth-order valence-corrected chi connectivity index (χ4v) is 2.32. The summed E-state index contributed by atoms with van der Waals surface area (Å²) in [4.78, 5) is 13.1. The van der Waals surface area contributed by atoms with Crippen LogP contribution in [0, 0.1) is 0 Å². The Morgan fingerprint density at radius 3 is 2.35 bits per heavy atom. The van der Waals surface area contributed by atoms with Gasteiger partial charge in [0, 0.05) is 17.6 Å². The summed E-state index contributed by atoms with van der Waals surface area (Å²) >= 11 is 1.25. The highest BCUT2D eigenvalue weighted by molar-refractivity contribution is 8.14. The fraction of sp³-hybridized carbons (Fsp3) is 0.0714. The van der Waals surface area contributed by atoms with Crippen LogP contribution in [0.15, 0.2) is 59.5 Å². The quantitative estimate of drug-likeness (QED) is 0.834. The van der Waals surface area contributed by atoms with Gasteiger partial charge in [-0.2, -0.15) is 0 Å². The first-order chi connectivity index (χ1) is 8.31. The highest BCUT2D eigenvalue weighted by atomic mass is 32.2. The van der Waals surface area contributed by atoms with Crippen molar-refractivity contribution < 1.29 is 4.79 Å². The van der Waals surface area contributed by atoms with E-state index in [1.807, 2.05) is 61.6 Å². The molecule has 0 atom stereocenters. The van der Waals surface area contributed by atoms with Crippen molar-refractivity contribution in [3.63, 3.8) is 0 Å². The molecule has 0 unspecified atom stereocenters. The molecule has 0 aliphatic carbocycles. The van der Waals surface area contributed by atoms with Gasteiger partial charge in [0.2, 0.25) is 5.12 Å². The minimum Gasteiger partial charge on any atom is -0.388 e. The van der Waals surface area contributed by atoms with Crippen LogP contribution in [-0.4, -0.2) is 12.2 Å². The topological polar surface area (TPSA) is 29.1 Å². The number of thioether (sulfide) groups is 1. The van der Waals surface area contributed by atoms with E-state index in [-0.39, 0.29) is 5.12 Å². The molecular weight excluding hydrogens is 230 g/mol. The highest BCUT2D eigenvalue weighted by Crippen LogP contribution is 2.26. The van der Waals surface area contributed by atoms with Gasteiger partial charge in [0.05, 0.1) is 5.56 Å². The van der Waals surface area contributed by atoms with Gasteiger partial charge in [-0.25, -0.2) is 0 Å². The van der Waals surface area contributed by atoms with E-state index in [1.165, 1.54) is 11.8 Å². The van der Waals surface area contributed by atoms with Crippen LogP contribution in [-0.2, 0) is 0 Å². The maximum Gasteiger partial charge on any atom is 0.226 e. The normalized spacial score (nSPS) is 9.94. The van der Waals surface area contributed by atoms with Crippen molar-refractivity contribution in [2.24, 2.45) is 0 Å². The molecule has 0 saturated heterocycles. The number of carbonyl (C=O) groups excluding carboxylic acids is 1. The zero-order valence-corrected chi connectivity index (χ0v) is 10.3. The Bertz CT molecular complexity index is 511. The summed E-state index contributed by atoms with van der Waals surface area (Å²) in [7, 11) is 1.82. The van der Waals surface area contributed by atoms with Crippen LogP contribution in [0.5, 0.6) is 0 Å². The molecule has 0 fully saturated rings. The Labute approximate surface area is 105 Å². The van der Waals surface area contributed by atoms with Crippen LogP contribution in [0.25, 0.3) is 0 Å². The average molecular weight is 243 g/mol. The molecule has 17 heavy (non-hydrogen) atoms. The molecule has 0 aliphatic heterocycles. The van der Waals surface area contributed by atoms with E-state index in [4.69, 9.17) is 0 Å². The van der Waals surface area contributed by atoms with Gasteiger partial charge in [0.1, 0.15) is 0 Å². The van der Waals surface area contributed by atoms with Crippen molar-refractivity contribution in [3.05, 3.63) is 60.2 Å². The summed E-state index contributed by atoms with van der Waals surface area (Å²) in [6.45, 7) is 0. The molecule has 0 aromatic heterocycles. The van der Waals surface area contributed by atoms with Crippen LogP contribution in [0.1, 0.15) is 10.4 Å². The molecule has 0 amide bonds. The second kappa shape index (κ2) is 5.55. The van der Waals surface area contributed by atoms with Crippen LogP contribution in [0.2, 0.25) is 0 Å². The Morgan fingerprint density at radius 1 is 1.00 bits per heavy atom. The maximum absolute atomic E-state index is 12.1. The number of nitrogens with one attached hydrogen (secondary N) is 1. The van der Waals surface area contributed by atoms with Crippen molar-refractivity contribution in [2.75, 3.05) is 12.4 Å². The second-order valence-corrected chi connectivity index (χ2v) is 4.54. The monoisotopic (exact) mass is 243 g/mol. The fourth-order valence-electron chi connectivity index (χ4n) is 1.53. The van der Waals surface area contributed by atoms with Gasteiger partial charge < -0.3 is 5.32 Å². The molecule has 2 aromatic rings. The van der Waals surface area contributed by atoms with E-state index in [0.717, 1.165) is 10.6 Å². The molecule has 0 aliphatic rings. The smallest absolute Gasteiger partial charge is 0.226 e. The van der Waals surface area contributed by atoms with E-state index in [1.54, 1.807) is 0 Å². The lowest BCUT2D eigenvalue weighted by Gasteiger charge is -2.07. The van der Waals surface area contributed by atoms with Crippen molar-refractivity contribution in [1.29, 1.82) is 0 Å². The van der Waals surface area contributed by atoms with E-state index in [0.29, 0.717) is 5.56 Å². The zero-order chi connectivity index (χ0) is 12.1. The molecule has 1 N–H and O–H groups in total. The summed E-state index contributed by atoms with van der Waals surface area (Å²) in [5.74, 6) is 0. The first kappa shape index (κ1) is 11.7. The average Bonchev–Trinajstić information content (AvgIpc) is 2.40. The van der Waals surface area contributed by atoms with Gasteiger partial charge in [0.25, 0.3) is 0 Å². The van der Waals surface area contributed by atoms with Gasteiger partial charge in [-0.3, -0.25) is 4.79 Å². The summed E-state index contributed by atoms with van der Waals surface area (Å²) in [6, 6.07) is 17.2. The predicted molar refractivity (Wildman–Crippen MR) is 72.6 cm³/mol. The Morgan fingerprint density at radius 2 is 1.65 bits per heavy atom. The third kappa shape index (κ3) is 2.88. The van der Waals surface area contributed by atoms with Gasteiger partial charge in [-0.05, 0) is 36.0 Å². The molecular formula is C14H13NOS. The lowest BCUT2D eigenvalue weighted by Crippen LogP contribution is -1.99. The van der Waals surface area contributed by atoms with Crippen LogP contribution < -0.4 is 5.32 Å². The molecule has 2 aromatic carbocycles. The number of hydrogen-bond acceptors (Lipinski definition) is 3. The summed E-state index contributed by atoms with van der Waals surface area (Å²) in [5, 5.41) is 3.08. The molecule has 2 nitrogen and oxygen atoms in total. The maximum atomic E-state index is 12.1. The Hall–Kier alpha value is -1.74. The van der Waals surface area contributed by atoms with Crippen molar-refractivity contribution in [3.8, 4) is 0 Å². The first-order valence-electron chi connectivity index (χ1n) is 5.35. The second-order valence-electron chi connectivity index (χ2n) is 3.50. The van der Waals surface area contributed by atoms with Crippen LogP contribution in [0.4, 0.5) is 5.69 Å². The molecule has 0 spiro atoms. The predicted octanol–water partition coefficient (Wildman–Crippen LogP) is 3.66. The molecule has 86 valence electrons. The SMILES string of the molecule is CNc1ccccc1C(=O)Sc1ccccc1. The lowest BCUT2D eigenvalue weighted by atomic mass is 10.2. The number of rotatable bonds is 3. The number of carbonyl (C=O) groups is 1. The number of benzene rings is 2. The minimum absolute atomic E-state index is 0.0566. The largest absolute Gasteiger partial charge is 0.388 e. The standard InChI is InChI=1S/C14H13NOS/c1-15-13-10-6-5-9-12(13)14(16)17-11-7-3-2-4-8-11/h2-10,15H,1H3. The minimum atomic E-state index is 0.0566. The van der Waals surface area contributed by atoms with Crippen LogP contribution in [0.3, 0.4) is 0 Å². The van der Waals surface area contributed by atoms with Gasteiger partial charge in [-0.15, -0.1) is 0 Å². The van der Waals surface area contributed by atoms with Crippen molar-refractivity contribution >= 4 is 22.6 Å². The molecule has 3 heteroatoms. The lowest BCUT2D eigenvalue weighted by molar-refractivity contribution is 0.108. The number of hydrogen-bond donors (Lipinski definition) is 1. The molecule has 0 heterocycles. The van der Waals surface area contributed by atoms with E-state index in [9.17, 15) is 4.79 Å². The highest BCUT2D eigenvalue weighted by Gasteiger charge is 2.11. The first-order valence-corrected chi connectivity index (χ1v) is 6.17. The third-order valence-corrected chi connectivity index (χ3v) is 3.28. The van der Waals surface area contributed by atoms with E-state index >= 15 is 0 Å². The van der Waals surface area contributed by atoms with Gasteiger partial charge in [-0.1, -0.05) is 30.3 Å². The van der Waals surface area contributed by atoms with Gasteiger partial charge >= 0.3 is 0 Å². The molecule has 0 radical (unpaired) electrons. The number of para-hydroxylation sites is 1. The van der Waals surface area contributed by atoms with E-state index in [2.05, 4.69) is 5.32 Å². The molecule has 0 saturated carbocycles. The molecule has 0 bridgehead atoms. The van der Waals surface area contributed by atoms with Crippen LogP contribution >= 0.6 is 11.8 Å². The third-order valence-electron chi connectivity index (χ3n) is 2.37. The summed E-state index contributed by atoms with van der Waals surface area (Å²) in [6.07, 6.45) is 0. The van der Waals surface area contributed by atoms with Crippen molar-refractivity contribution in [2.45, 2.75) is 4.90 Å². The zero-order valence-electron chi connectivity index (χ0n) is 9.51. The van der Waals surface area contributed by atoms with Crippen molar-refractivity contribution in [1.82, 2.24) is 0 Å². The van der Waals surface area contributed by atoms with E-state index < -0.39 is 0 Å². The summed E-state index contributed by atoms with van der Waals surface area (Å²) < 4.78 is 0. The Kier molecular flexibility index (Phi) is 3.83. The Balaban J connectivity index is 2.20.